The van der Waals surface area contributed by atoms with E-state index in [0.29, 0.717) is 32.9 Å². The van der Waals surface area contributed by atoms with E-state index >= 15 is 0 Å². The van der Waals surface area contributed by atoms with Crippen LogP contribution in [0.25, 0.3) is 11.3 Å². The molecule has 0 amide bonds. The topological polar surface area (TPSA) is 63.2 Å². The number of hydrogen-bond donors (Lipinski definition) is 0. The lowest BCUT2D eigenvalue weighted by Gasteiger charge is -2.28. The number of fused-ring (bicyclic) bond motifs is 3. The van der Waals surface area contributed by atoms with E-state index in [1.807, 2.05) is 6.07 Å². The van der Waals surface area contributed by atoms with E-state index in [9.17, 15) is 12.8 Å². The molecule has 0 saturated carbocycles. The predicted octanol–water partition coefficient (Wildman–Crippen LogP) is 4.37. The fourth-order valence-electron chi connectivity index (χ4n) is 2.82. The summed E-state index contributed by atoms with van der Waals surface area (Å²) in [6.45, 7) is 0. The van der Waals surface area contributed by atoms with Gasteiger partial charge in [-0.3, -0.25) is 4.31 Å². The molecule has 0 aliphatic carbocycles. The maximum absolute atomic E-state index is 13.3. The first-order chi connectivity index (χ1) is 12.9. The van der Waals surface area contributed by atoms with E-state index in [2.05, 4.69) is 9.97 Å². The van der Waals surface area contributed by atoms with Gasteiger partial charge in [-0.05, 0) is 35.9 Å². The van der Waals surface area contributed by atoms with Crippen molar-refractivity contribution in [2.75, 3.05) is 11.4 Å². The van der Waals surface area contributed by atoms with Crippen molar-refractivity contribution in [3.05, 3.63) is 65.1 Å². The molecule has 3 aromatic rings. The molecule has 0 N–H and O–H groups in total. The smallest absolute Gasteiger partial charge is 0.267 e. The molecule has 1 aliphatic rings. The molecule has 0 unspecified atom stereocenters. The first-order valence-corrected chi connectivity index (χ1v) is 10.7. The molecule has 27 heavy (non-hydrogen) atoms. The first-order valence-electron chi connectivity index (χ1n) is 7.89. The molecule has 2 heterocycles. The molecule has 0 fully saturated rings. The highest BCUT2D eigenvalue weighted by Gasteiger charge is 2.34. The van der Waals surface area contributed by atoms with Crippen LogP contribution in [0.2, 0.25) is 5.02 Å². The van der Waals surface area contributed by atoms with Gasteiger partial charge in [0.05, 0.1) is 17.6 Å². The van der Waals surface area contributed by atoms with Gasteiger partial charge in [-0.1, -0.05) is 35.5 Å². The summed E-state index contributed by atoms with van der Waals surface area (Å²) >= 11 is 7.35. The maximum Gasteiger partial charge on any atom is 0.267 e. The number of sulfonamides is 1. The van der Waals surface area contributed by atoms with Crippen molar-refractivity contribution >= 4 is 39.1 Å². The van der Waals surface area contributed by atoms with E-state index in [1.165, 1.54) is 41.4 Å². The minimum Gasteiger partial charge on any atom is -0.269 e. The molecule has 1 aromatic heterocycles. The lowest BCUT2D eigenvalue weighted by Crippen LogP contribution is -2.31. The average molecular weight is 422 g/mol. The van der Waals surface area contributed by atoms with Gasteiger partial charge < -0.3 is 0 Å². The molecule has 0 spiro atoms. The molecular formula is C18H13ClFN3O2S2. The largest absolute Gasteiger partial charge is 0.269 e. The van der Waals surface area contributed by atoms with Crippen molar-refractivity contribution in [3.63, 3.8) is 0 Å². The number of nitrogens with zero attached hydrogens (tertiary/aromatic N) is 3. The molecule has 0 bridgehead atoms. The molecule has 2 aromatic carbocycles. The van der Waals surface area contributed by atoms with Crippen LogP contribution in [0.15, 0.2) is 58.7 Å². The Morgan fingerprint density at radius 1 is 1.22 bits per heavy atom. The van der Waals surface area contributed by atoms with Gasteiger partial charge in [0.2, 0.25) is 0 Å². The van der Waals surface area contributed by atoms with Crippen molar-refractivity contribution in [2.45, 2.75) is 15.8 Å². The van der Waals surface area contributed by atoms with Crippen LogP contribution in [0.3, 0.4) is 0 Å². The van der Waals surface area contributed by atoms with Gasteiger partial charge in [0.25, 0.3) is 10.0 Å². The standard InChI is InChI=1S/C18H13ClFN3O2S2/c1-23-15-8-12(19)5-6-14(15)17-16(27(23,24)25)9-21-18(22-17)26-10-11-3-2-4-13(20)7-11/h2-9H,10H2,1H3. The van der Waals surface area contributed by atoms with Crippen LogP contribution in [0.1, 0.15) is 5.56 Å². The highest BCUT2D eigenvalue weighted by Crippen LogP contribution is 2.42. The lowest BCUT2D eigenvalue weighted by molar-refractivity contribution is 0.592. The fraction of sp³-hybridized carbons (Fsp3) is 0.111. The fourth-order valence-corrected chi connectivity index (χ4v) is 5.04. The summed E-state index contributed by atoms with van der Waals surface area (Å²) in [5.41, 5.74) is 2.27. The second-order valence-corrected chi connectivity index (χ2v) is 9.23. The van der Waals surface area contributed by atoms with Crippen LogP contribution >= 0.6 is 23.4 Å². The monoisotopic (exact) mass is 421 g/mol. The molecule has 1 aliphatic heterocycles. The van der Waals surface area contributed by atoms with Crippen LogP contribution in [-0.2, 0) is 15.8 Å². The number of rotatable bonds is 3. The summed E-state index contributed by atoms with van der Waals surface area (Å²) in [7, 11) is -2.28. The second-order valence-electron chi connectivity index (χ2n) is 5.92. The quantitative estimate of drug-likeness (QED) is 0.464. The Morgan fingerprint density at radius 3 is 2.81 bits per heavy atom. The van der Waals surface area contributed by atoms with Crippen LogP contribution in [0, 0.1) is 5.82 Å². The molecule has 0 saturated heterocycles. The summed E-state index contributed by atoms with van der Waals surface area (Å²) in [6.07, 6.45) is 1.32. The number of benzene rings is 2. The van der Waals surface area contributed by atoms with Gasteiger partial charge in [-0.15, -0.1) is 0 Å². The maximum atomic E-state index is 13.3. The van der Waals surface area contributed by atoms with Crippen molar-refractivity contribution in [3.8, 4) is 11.3 Å². The van der Waals surface area contributed by atoms with Crippen molar-refractivity contribution in [1.82, 2.24) is 9.97 Å². The number of thioether (sulfide) groups is 1. The van der Waals surface area contributed by atoms with Gasteiger partial charge in [-0.2, -0.15) is 0 Å². The van der Waals surface area contributed by atoms with Gasteiger partial charge in [0.15, 0.2) is 5.16 Å². The average Bonchev–Trinajstić information content (AvgIpc) is 2.64. The molecule has 9 heteroatoms. The molecule has 0 atom stereocenters. The Kier molecular flexibility index (Phi) is 4.57. The third kappa shape index (κ3) is 3.28. The van der Waals surface area contributed by atoms with Crippen LogP contribution < -0.4 is 4.31 Å². The second kappa shape index (κ2) is 6.78. The summed E-state index contributed by atoms with van der Waals surface area (Å²) in [4.78, 5) is 8.69. The summed E-state index contributed by atoms with van der Waals surface area (Å²) < 4.78 is 40.0. The first kappa shape index (κ1) is 18.2. The zero-order chi connectivity index (χ0) is 19.2. The number of aromatic nitrogens is 2. The van der Waals surface area contributed by atoms with Gasteiger partial charge in [-0.25, -0.2) is 22.8 Å². The van der Waals surface area contributed by atoms with Crippen molar-refractivity contribution in [1.29, 1.82) is 0 Å². The zero-order valence-corrected chi connectivity index (χ0v) is 16.4. The van der Waals surface area contributed by atoms with Crippen molar-refractivity contribution in [2.24, 2.45) is 0 Å². The Morgan fingerprint density at radius 2 is 2.04 bits per heavy atom. The molecule has 0 radical (unpaired) electrons. The van der Waals surface area contributed by atoms with E-state index in [-0.39, 0.29) is 10.7 Å². The summed E-state index contributed by atoms with van der Waals surface area (Å²) in [5, 5.41) is 0.854. The number of anilines is 1. The SMILES string of the molecule is CN1c2cc(Cl)ccc2-c2nc(SCc3cccc(F)c3)ncc2S1(=O)=O. The van der Waals surface area contributed by atoms with Gasteiger partial charge in [0.1, 0.15) is 10.7 Å². The Bertz CT molecular complexity index is 1160. The normalized spacial score (nSPS) is 14.6. The summed E-state index contributed by atoms with van der Waals surface area (Å²) in [6, 6.07) is 11.3. The van der Waals surface area contributed by atoms with E-state index in [4.69, 9.17) is 11.6 Å². The third-order valence-electron chi connectivity index (χ3n) is 4.18. The van der Waals surface area contributed by atoms with Crippen LogP contribution in [0.4, 0.5) is 10.1 Å². The van der Waals surface area contributed by atoms with Gasteiger partial charge in [0, 0.05) is 23.4 Å². The minimum atomic E-state index is -3.75. The minimum absolute atomic E-state index is 0.0509. The van der Waals surface area contributed by atoms with Crippen LogP contribution in [-0.4, -0.2) is 25.4 Å². The van der Waals surface area contributed by atoms with Gasteiger partial charge >= 0.3 is 0 Å². The molecule has 138 valence electrons. The Balaban J connectivity index is 1.74. The third-order valence-corrected chi connectivity index (χ3v) is 7.12. The number of hydrogen-bond acceptors (Lipinski definition) is 5. The van der Waals surface area contributed by atoms with E-state index < -0.39 is 10.0 Å². The Hall–Kier alpha value is -2.16. The number of halogens is 2. The highest BCUT2D eigenvalue weighted by molar-refractivity contribution is 7.98. The predicted molar refractivity (Wildman–Crippen MR) is 104 cm³/mol. The molecular weight excluding hydrogens is 409 g/mol. The van der Waals surface area contributed by atoms with Crippen molar-refractivity contribution < 1.29 is 12.8 Å². The highest BCUT2D eigenvalue weighted by atomic mass is 35.5. The molecule has 5 nitrogen and oxygen atoms in total. The Labute approximate surface area is 165 Å². The van der Waals surface area contributed by atoms with Crippen LogP contribution in [0.5, 0.6) is 0 Å². The van der Waals surface area contributed by atoms with E-state index in [1.54, 1.807) is 24.3 Å². The zero-order valence-electron chi connectivity index (χ0n) is 14.1. The summed E-state index contributed by atoms with van der Waals surface area (Å²) in [5.74, 6) is 0.163. The van der Waals surface area contributed by atoms with E-state index in [0.717, 1.165) is 5.56 Å². The molecule has 4 rings (SSSR count). The lowest BCUT2D eigenvalue weighted by atomic mass is 10.1.